The summed E-state index contributed by atoms with van der Waals surface area (Å²) in [4.78, 5) is 13.0. The second-order valence-corrected chi connectivity index (χ2v) is 5.97. The first kappa shape index (κ1) is 16.3. The molecule has 1 fully saturated rings. The predicted molar refractivity (Wildman–Crippen MR) is 94.3 cm³/mol. The largest absolute Gasteiger partial charge is 0.393 e. The molecule has 0 bridgehead atoms. The van der Waals surface area contributed by atoms with E-state index < -0.39 is 0 Å². The summed E-state index contributed by atoms with van der Waals surface area (Å²) in [5, 5.41) is 24.1. The number of nitro benzene ring substituents is 1. The maximum atomic E-state index is 11.1. The number of nitrogens with one attached hydrogen (secondary N) is 1. The molecule has 2 aromatic carbocycles. The Bertz CT molecular complexity index is 712. The van der Waals surface area contributed by atoms with E-state index in [-0.39, 0.29) is 16.7 Å². The monoisotopic (exact) mass is 327 g/mol. The highest BCUT2D eigenvalue weighted by atomic mass is 16.6. The van der Waals surface area contributed by atoms with Crippen LogP contribution >= 0.6 is 0 Å². The Labute approximate surface area is 140 Å². The van der Waals surface area contributed by atoms with Gasteiger partial charge in [-0.3, -0.25) is 10.1 Å². The first-order chi connectivity index (χ1) is 11.6. The topological polar surface area (TPSA) is 78.6 Å². The molecule has 0 amide bonds. The average Bonchev–Trinajstić information content (AvgIpc) is 2.61. The van der Waals surface area contributed by atoms with Gasteiger partial charge in [-0.15, -0.1) is 0 Å². The van der Waals surface area contributed by atoms with Crippen molar-refractivity contribution in [2.75, 3.05) is 23.3 Å². The standard InChI is InChI=1S/C18H21N3O3/c22-15-9-11-20(12-10-15)18-8-4-2-6-16(18)19-13-14-5-1-3-7-17(14)21(23)24/h1-8,15,19,22H,9-13H2. The number of rotatable bonds is 5. The molecule has 0 saturated carbocycles. The number of hydrogen-bond acceptors (Lipinski definition) is 5. The lowest BCUT2D eigenvalue weighted by Gasteiger charge is -2.33. The van der Waals surface area contributed by atoms with Crippen LogP contribution in [0, 0.1) is 10.1 Å². The number of anilines is 2. The van der Waals surface area contributed by atoms with Crippen molar-refractivity contribution in [2.45, 2.75) is 25.5 Å². The Balaban J connectivity index is 1.76. The summed E-state index contributed by atoms with van der Waals surface area (Å²) in [6, 6.07) is 14.7. The van der Waals surface area contributed by atoms with Crippen LogP contribution in [-0.4, -0.2) is 29.2 Å². The Kier molecular flexibility index (Phi) is 4.96. The number of nitrogens with zero attached hydrogens (tertiary/aromatic N) is 2. The zero-order valence-electron chi connectivity index (χ0n) is 13.4. The van der Waals surface area contributed by atoms with Gasteiger partial charge in [-0.25, -0.2) is 0 Å². The molecule has 0 atom stereocenters. The van der Waals surface area contributed by atoms with Gasteiger partial charge in [0.15, 0.2) is 0 Å². The van der Waals surface area contributed by atoms with Gasteiger partial charge >= 0.3 is 0 Å². The molecule has 6 nitrogen and oxygen atoms in total. The summed E-state index contributed by atoms with van der Waals surface area (Å²) >= 11 is 0. The summed E-state index contributed by atoms with van der Waals surface area (Å²) < 4.78 is 0. The number of para-hydroxylation sites is 3. The van der Waals surface area contributed by atoms with Gasteiger partial charge in [0.05, 0.1) is 22.4 Å². The summed E-state index contributed by atoms with van der Waals surface area (Å²) in [6.45, 7) is 2.02. The molecule has 0 aromatic heterocycles. The fourth-order valence-corrected chi connectivity index (χ4v) is 3.03. The molecular formula is C18H21N3O3. The fourth-order valence-electron chi connectivity index (χ4n) is 3.03. The Hall–Kier alpha value is -2.60. The van der Waals surface area contributed by atoms with Crippen LogP contribution in [0.25, 0.3) is 0 Å². The van der Waals surface area contributed by atoms with E-state index >= 15 is 0 Å². The highest BCUT2D eigenvalue weighted by Crippen LogP contribution is 2.29. The van der Waals surface area contributed by atoms with Crippen molar-refractivity contribution in [1.82, 2.24) is 0 Å². The van der Waals surface area contributed by atoms with E-state index in [0.717, 1.165) is 37.3 Å². The normalized spacial score (nSPS) is 15.3. The number of nitro groups is 1. The number of aliphatic hydroxyl groups is 1. The molecule has 2 N–H and O–H groups in total. The Morgan fingerprint density at radius 1 is 1.12 bits per heavy atom. The molecule has 24 heavy (non-hydrogen) atoms. The second-order valence-electron chi connectivity index (χ2n) is 5.97. The van der Waals surface area contributed by atoms with Crippen LogP contribution in [0.1, 0.15) is 18.4 Å². The Morgan fingerprint density at radius 3 is 2.54 bits per heavy atom. The van der Waals surface area contributed by atoms with Gasteiger partial charge in [-0.2, -0.15) is 0 Å². The summed E-state index contributed by atoms with van der Waals surface area (Å²) in [7, 11) is 0. The van der Waals surface area contributed by atoms with Crippen molar-refractivity contribution < 1.29 is 10.0 Å². The van der Waals surface area contributed by atoms with Gasteiger partial charge in [0.25, 0.3) is 5.69 Å². The van der Waals surface area contributed by atoms with Crippen molar-refractivity contribution in [3.63, 3.8) is 0 Å². The van der Waals surface area contributed by atoms with Gasteiger partial charge in [0, 0.05) is 31.3 Å². The molecule has 0 aliphatic carbocycles. The predicted octanol–water partition coefficient (Wildman–Crippen LogP) is 3.17. The van der Waals surface area contributed by atoms with Crippen molar-refractivity contribution in [1.29, 1.82) is 0 Å². The molecule has 1 saturated heterocycles. The average molecular weight is 327 g/mol. The molecule has 1 heterocycles. The van der Waals surface area contributed by atoms with Crippen molar-refractivity contribution in [3.05, 3.63) is 64.2 Å². The van der Waals surface area contributed by atoms with E-state index in [2.05, 4.69) is 10.2 Å². The lowest BCUT2D eigenvalue weighted by molar-refractivity contribution is -0.385. The molecule has 1 aliphatic rings. The lowest BCUT2D eigenvalue weighted by Crippen LogP contribution is -2.36. The minimum atomic E-state index is -0.352. The number of hydrogen-bond donors (Lipinski definition) is 2. The SMILES string of the molecule is O=[N+]([O-])c1ccccc1CNc1ccccc1N1CCC(O)CC1. The molecule has 6 heteroatoms. The maximum absolute atomic E-state index is 11.1. The smallest absolute Gasteiger partial charge is 0.274 e. The third-order valence-corrected chi connectivity index (χ3v) is 4.37. The van der Waals surface area contributed by atoms with Gasteiger partial charge < -0.3 is 15.3 Å². The highest BCUT2D eigenvalue weighted by Gasteiger charge is 2.19. The number of benzene rings is 2. The minimum absolute atomic E-state index is 0.128. The van der Waals surface area contributed by atoms with E-state index in [0.29, 0.717) is 12.1 Å². The van der Waals surface area contributed by atoms with Gasteiger partial charge in [-0.05, 0) is 25.0 Å². The van der Waals surface area contributed by atoms with E-state index in [4.69, 9.17) is 0 Å². The molecule has 126 valence electrons. The summed E-state index contributed by atoms with van der Waals surface area (Å²) in [5.41, 5.74) is 2.81. The molecule has 0 spiro atoms. The van der Waals surface area contributed by atoms with Crippen LogP contribution in [0.15, 0.2) is 48.5 Å². The van der Waals surface area contributed by atoms with Crippen molar-refractivity contribution in [3.8, 4) is 0 Å². The zero-order chi connectivity index (χ0) is 16.9. The first-order valence-corrected chi connectivity index (χ1v) is 8.13. The molecular weight excluding hydrogens is 306 g/mol. The lowest BCUT2D eigenvalue weighted by atomic mass is 10.1. The minimum Gasteiger partial charge on any atom is -0.393 e. The van der Waals surface area contributed by atoms with E-state index in [9.17, 15) is 15.2 Å². The fraction of sp³-hybridized carbons (Fsp3) is 0.333. The van der Waals surface area contributed by atoms with Crippen LogP contribution < -0.4 is 10.2 Å². The van der Waals surface area contributed by atoms with Crippen molar-refractivity contribution in [2.24, 2.45) is 0 Å². The van der Waals surface area contributed by atoms with Gasteiger partial charge in [0.2, 0.25) is 0 Å². The van der Waals surface area contributed by atoms with E-state index in [1.54, 1.807) is 12.1 Å². The Morgan fingerprint density at radius 2 is 1.79 bits per heavy atom. The molecule has 0 unspecified atom stereocenters. The van der Waals surface area contributed by atoms with Crippen LogP contribution in [0.3, 0.4) is 0 Å². The van der Waals surface area contributed by atoms with Crippen molar-refractivity contribution >= 4 is 17.1 Å². The summed E-state index contributed by atoms with van der Waals surface area (Å²) in [5.74, 6) is 0. The maximum Gasteiger partial charge on any atom is 0.274 e. The zero-order valence-corrected chi connectivity index (χ0v) is 13.4. The number of aliphatic hydroxyl groups excluding tert-OH is 1. The third kappa shape index (κ3) is 3.65. The quantitative estimate of drug-likeness (QED) is 0.651. The second kappa shape index (κ2) is 7.31. The number of piperidine rings is 1. The van der Waals surface area contributed by atoms with E-state index in [1.807, 2.05) is 30.3 Å². The third-order valence-electron chi connectivity index (χ3n) is 4.37. The highest BCUT2D eigenvalue weighted by molar-refractivity contribution is 5.70. The molecule has 2 aromatic rings. The van der Waals surface area contributed by atoms with Crippen LogP contribution in [0.2, 0.25) is 0 Å². The van der Waals surface area contributed by atoms with Gasteiger partial charge in [0.1, 0.15) is 0 Å². The molecule has 0 radical (unpaired) electrons. The van der Waals surface area contributed by atoms with E-state index in [1.165, 1.54) is 6.07 Å². The van der Waals surface area contributed by atoms with Crippen LogP contribution in [-0.2, 0) is 6.54 Å². The van der Waals surface area contributed by atoms with Gasteiger partial charge in [-0.1, -0.05) is 30.3 Å². The molecule has 3 rings (SSSR count). The summed E-state index contributed by atoms with van der Waals surface area (Å²) in [6.07, 6.45) is 1.31. The molecule has 1 aliphatic heterocycles. The van der Waals surface area contributed by atoms with Crippen LogP contribution in [0.4, 0.5) is 17.1 Å². The first-order valence-electron chi connectivity index (χ1n) is 8.13. The van der Waals surface area contributed by atoms with Crippen LogP contribution in [0.5, 0.6) is 0 Å².